The number of carbonyl (C=O) groups excluding carboxylic acids is 1. The van der Waals surface area contributed by atoms with Gasteiger partial charge in [-0.2, -0.15) is 0 Å². The second kappa shape index (κ2) is 2.78. The Labute approximate surface area is 66.9 Å². The standard InChI is InChI=1S/C9H14O2/c1-3-9(2)7(5-10)4-8(9)6-11/h3,5,7-8,11H,1,4,6H2,2H3/t7-,8-,9+/m0/s1. The molecule has 1 rings (SSSR count). The molecule has 3 atom stereocenters. The third kappa shape index (κ3) is 1.02. The van der Waals surface area contributed by atoms with Crippen LogP contribution in [0.4, 0.5) is 0 Å². The zero-order valence-electron chi connectivity index (χ0n) is 6.79. The van der Waals surface area contributed by atoms with E-state index in [1.807, 2.05) is 6.92 Å². The number of hydrogen-bond acceptors (Lipinski definition) is 2. The number of rotatable bonds is 3. The van der Waals surface area contributed by atoms with Gasteiger partial charge in [0, 0.05) is 12.5 Å². The number of aliphatic hydroxyl groups excluding tert-OH is 1. The van der Waals surface area contributed by atoms with E-state index in [4.69, 9.17) is 5.11 Å². The molecule has 0 unspecified atom stereocenters. The third-order valence-electron chi connectivity index (χ3n) is 3.04. The van der Waals surface area contributed by atoms with Crippen LogP contribution in [-0.2, 0) is 4.79 Å². The van der Waals surface area contributed by atoms with E-state index in [9.17, 15) is 4.79 Å². The number of hydrogen-bond donors (Lipinski definition) is 1. The molecule has 0 saturated heterocycles. The van der Waals surface area contributed by atoms with Crippen molar-refractivity contribution in [3.63, 3.8) is 0 Å². The van der Waals surface area contributed by atoms with Crippen LogP contribution in [0.25, 0.3) is 0 Å². The lowest BCUT2D eigenvalue weighted by atomic mass is 9.54. The molecule has 1 fully saturated rings. The molecule has 0 aromatic rings. The molecule has 0 radical (unpaired) electrons. The van der Waals surface area contributed by atoms with Gasteiger partial charge in [-0.3, -0.25) is 0 Å². The van der Waals surface area contributed by atoms with E-state index in [2.05, 4.69) is 6.58 Å². The lowest BCUT2D eigenvalue weighted by Crippen LogP contribution is -2.48. The summed E-state index contributed by atoms with van der Waals surface area (Å²) in [5.41, 5.74) is -0.156. The van der Waals surface area contributed by atoms with Crippen molar-refractivity contribution in [2.75, 3.05) is 6.61 Å². The largest absolute Gasteiger partial charge is 0.396 e. The molecule has 1 aliphatic carbocycles. The fourth-order valence-corrected chi connectivity index (χ4v) is 1.75. The fourth-order valence-electron chi connectivity index (χ4n) is 1.75. The highest BCUT2D eigenvalue weighted by Gasteiger charge is 2.48. The van der Waals surface area contributed by atoms with E-state index in [0.717, 1.165) is 12.7 Å². The molecule has 0 aromatic carbocycles. The SMILES string of the molecule is C=C[C@@]1(C)[C@H](CO)C[C@H]1C=O. The van der Waals surface area contributed by atoms with E-state index in [0.29, 0.717) is 0 Å². The molecular weight excluding hydrogens is 140 g/mol. The first-order valence-corrected chi connectivity index (χ1v) is 3.88. The van der Waals surface area contributed by atoms with Crippen molar-refractivity contribution in [1.82, 2.24) is 0 Å². The Bertz CT molecular complexity index is 176. The van der Waals surface area contributed by atoms with E-state index in [1.165, 1.54) is 0 Å². The highest BCUT2D eigenvalue weighted by Crippen LogP contribution is 2.50. The smallest absolute Gasteiger partial charge is 0.123 e. The number of aliphatic hydroxyl groups is 1. The summed E-state index contributed by atoms with van der Waals surface area (Å²) in [7, 11) is 0. The lowest BCUT2D eigenvalue weighted by Gasteiger charge is -2.49. The first kappa shape index (κ1) is 8.47. The van der Waals surface area contributed by atoms with Gasteiger partial charge in [0.15, 0.2) is 0 Å². The quantitative estimate of drug-likeness (QED) is 0.486. The molecule has 0 heterocycles. The van der Waals surface area contributed by atoms with E-state index in [1.54, 1.807) is 6.08 Å². The molecule has 62 valence electrons. The van der Waals surface area contributed by atoms with Crippen LogP contribution < -0.4 is 0 Å². The van der Waals surface area contributed by atoms with E-state index < -0.39 is 0 Å². The van der Waals surface area contributed by atoms with Gasteiger partial charge in [0.2, 0.25) is 0 Å². The van der Waals surface area contributed by atoms with Gasteiger partial charge in [-0.15, -0.1) is 6.58 Å². The lowest BCUT2D eigenvalue weighted by molar-refractivity contribution is -0.124. The maximum atomic E-state index is 10.5. The first-order valence-electron chi connectivity index (χ1n) is 3.88. The molecule has 1 N–H and O–H groups in total. The summed E-state index contributed by atoms with van der Waals surface area (Å²) >= 11 is 0. The molecule has 0 amide bonds. The number of aldehydes is 1. The normalized spacial score (nSPS) is 42.7. The summed E-state index contributed by atoms with van der Waals surface area (Å²) in [4.78, 5) is 10.5. The molecule has 2 heteroatoms. The number of allylic oxidation sites excluding steroid dienone is 1. The average Bonchev–Trinajstić information content (AvgIpc) is 2.03. The van der Waals surface area contributed by atoms with Crippen LogP contribution in [0.2, 0.25) is 0 Å². The van der Waals surface area contributed by atoms with Crippen molar-refractivity contribution < 1.29 is 9.90 Å². The van der Waals surface area contributed by atoms with E-state index in [-0.39, 0.29) is 23.9 Å². The summed E-state index contributed by atoms with van der Waals surface area (Å²) in [6.07, 6.45) is 3.56. The average molecular weight is 154 g/mol. The van der Waals surface area contributed by atoms with Gasteiger partial charge in [-0.05, 0) is 17.8 Å². The topological polar surface area (TPSA) is 37.3 Å². The van der Waals surface area contributed by atoms with Gasteiger partial charge in [-0.1, -0.05) is 13.0 Å². The van der Waals surface area contributed by atoms with Gasteiger partial charge in [0.05, 0.1) is 0 Å². The first-order chi connectivity index (χ1) is 5.19. The van der Waals surface area contributed by atoms with Crippen LogP contribution in [0.5, 0.6) is 0 Å². The Balaban J connectivity index is 2.69. The number of carbonyl (C=O) groups is 1. The fraction of sp³-hybridized carbons (Fsp3) is 0.667. The van der Waals surface area contributed by atoms with Gasteiger partial charge >= 0.3 is 0 Å². The van der Waals surface area contributed by atoms with Crippen LogP contribution >= 0.6 is 0 Å². The minimum atomic E-state index is -0.156. The monoisotopic (exact) mass is 154 g/mol. The molecule has 2 nitrogen and oxygen atoms in total. The molecule has 0 aliphatic heterocycles. The van der Waals surface area contributed by atoms with Crippen molar-refractivity contribution in [2.24, 2.45) is 17.3 Å². The van der Waals surface area contributed by atoms with Gasteiger partial charge in [-0.25, -0.2) is 0 Å². The second-order valence-electron chi connectivity index (χ2n) is 3.43. The maximum absolute atomic E-state index is 10.5. The molecule has 0 spiro atoms. The second-order valence-corrected chi connectivity index (χ2v) is 3.43. The Kier molecular flexibility index (Phi) is 2.14. The molecule has 0 aromatic heterocycles. The van der Waals surface area contributed by atoms with E-state index >= 15 is 0 Å². The summed E-state index contributed by atoms with van der Waals surface area (Å²) in [6, 6.07) is 0. The van der Waals surface area contributed by atoms with Crippen molar-refractivity contribution in [2.45, 2.75) is 13.3 Å². The Morgan fingerprint density at radius 2 is 2.45 bits per heavy atom. The van der Waals surface area contributed by atoms with Gasteiger partial charge in [0.1, 0.15) is 6.29 Å². The predicted molar refractivity (Wildman–Crippen MR) is 43.1 cm³/mol. The Morgan fingerprint density at radius 1 is 1.82 bits per heavy atom. The van der Waals surface area contributed by atoms with Gasteiger partial charge in [0.25, 0.3) is 0 Å². The molecule has 0 bridgehead atoms. The van der Waals surface area contributed by atoms with Crippen molar-refractivity contribution >= 4 is 6.29 Å². The van der Waals surface area contributed by atoms with Gasteiger partial charge < -0.3 is 9.90 Å². The molecule has 1 aliphatic rings. The van der Waals surface area contributed by atoms with Crippen molar-refractivity contribution in [3.8, 4) is 0 Å². The zero-order chi connectivity index (χ0) is 8.48. The third-order valence-corrected chi connectivity index (χ3v) is 3.04. The maximum Gasteiger partial charge on any atom is 0.123 e. The highest BCUT2D eigenvalue weighted by atomic mass is 16.3. The summed E-state index contributed by atoms with van der Waals surface area (Å²) < 4.78 is 0. The van der Waals surface area contributed by atoms with Crippen LogP contribution in [0.15, 0.2) is 12.7 Å². The van der Waals surface area contributed by atoms with Crippen LogP contribution in [0, 0.1) is 17.3 Å². The minimum Gasteiger partial charge on any atom is -0.396 e. The zero-order valence-corrected chi connectivity index (χ0v) is 6.79. The summed E-state index contributed by atoms with van der Waals surface area (Å²) in [6.45, 7) is 5.82. The molecule has 11 heavy (non-hydrogen) atoms. The van der Waals surface area contributed by atoms with Crippen LogP contribution in [0.1, 0.15) is 13.3 Å². The molecular formula is C9H14O2. The minimum absolute atomic E-state index is 0.0668. The van der Waals surface area contributed by atoms with Crippen LogP contribution in [0.3, 0.4) is 0 Å². The Hall–Kier alpha value is -0.630. The summed E-state index contributed by atoms with van der Waals surface area (Å²) in [5.74, 6) is 0.298. The molecule has 1 saturated carbocycles. The predicted octanol–water partition coefficient (Wildman–Crippen LogP) is 1.01. The summed E-state index contributed by atoms with van der Waals surface area (Å²) in [5, 5.41) is 8.90. The highest BCUT2D eigenvalue weighted by molar-refractivity contribution is 5.58. The van der Waals surface area contributed by atoms with Crippen molar-refractivity contribution in [3.05, 3.63) is 12.7 Å². The van der Waals surface area contributed by atoms with Crippen molar-refractivity contribution in [1.29, 1.82) is 0 Å². The van der Waals surface area contributed by atoms with Crippen LogP contribution in [-0.4, -0.2) is 18.0 Å². The Morgan fingerprint density at radius 3 is 2.82 bits per heavy atom.